The van der Waals surface area contributed by atoms with Crippen LogP contribution in [0.3, 0.4) is 0 Å². The van der Waals surface area contributed by atoms with Gasteiger partial charge in [-0.15, -0.1) is 0 Å². The van der Waals surface area contributed by atoms with Gasteiger partial charge in [-0.2, -0.15) is 13.2 Å². The average Bonchev–Trinajstić information content (AvgIpc) is 3.00. The van der Waals surface area contributed by atoms with E-state index in [1.165, 1.54) is 0 Å². The van der Waals surface area contributed by atoms with E-state index in [1.54, 1.807) is 18.2 Å². The number of hydrogen-bond donors (Lipinski definition) is 0. The summed E-state index contributed by atoms with van der Waals surface area (Å²) < 4.78 is 46.8. The van der Waals surface area contributed by atoms with E-state index in [-0.39, 0.29) is 28.7 Å². The van der Waals surface area contributed by atoms with Crippen molar-refractivity contribution in [2.24, 2.45) is 5.92 Å². The molecule has 2 aromatic rings. The van der Waals surface area contributed by atoms with E-state index in [1.807, 2.05) is 0 Å². The Balaban J connectivity index is 1.88. The van der Waals surface area contributed by atoms with Gasteiger partial charge >= 0.3 is 6.18 Å². The topological polar surface area (TPSA) is 25.4 Å². The molecular formula is C20H22ClF3N2O. The van der Waals surface area contributed by atoms with Crippen molar-refractivity contribution in [3.63, 3.8) is 0 Å². The first-order valence-corrected chi connectivity index (χ1v) is 9.72. The molecule has 0 spiro atoms. The molecule has 3 nitrogen and oxygen atoms in total. The summed E-state index contributed by atoms with van der Waals surface area (Å²) >= 11 is 6.19. The van der Waals surface area contributed by atoms with Crippen molar-refractivity contribution < 1.29 is 17.9 Å². The summed E-state index contributed by atoms with van der Waals surface area (Å²) in [4.78, 5) is 6.13. The summed E-state index contributed by atoms with van der Waals surface area (Å²) in [6.45, 7) is 5.09. The molecule has 27 heavy (non-hydrogen) atoms. The fraction of sp³-hybridized carbons (Fsp3) is 0.550. The van der Waals surface area contributed by atoms with Crippen LogP contribution in [-0.2, 0) is 10.9 Å². The second-order valence-electron chi connectivity index (χ2n) is 7.72. The zero-order valence-electron chi connectivity index (χ0n) is 15.3. The van der Waals surface area contributed by atoms with E-state index >= 15 is 0 Å². The first-order valence-electron chi connectivity index (χ1n) is 9.35. The van der Waals surface area contributed by atoms with Gasteiger partial charge in [0, 0.05) is 18.0 Å². The molecule has 4 rings (SSSR count). The molecule has 0 radical (unpaired) electrons. The number of halogens is 4. The van der Waals surface area contributed by atoms with Crippen LogP contribution in [0.2, 0.25) is 5.02 Å². The molecule has 0 amide bonds. The minimum absolute atomic E-state index is 0.0804. The molecule has 3 heterocycles. The van der Waals surface area contributed by atoms with E-state index in [2.05, 4.69) is 23.7 Å². The number of pyridine rings is 1. The summed E-state index contributed by atoms with van der Waals surface area (Å²) in [6.07, 6.45) is -1.97. The second-order valence-corrected chi connectivity index (χ2v) is 8.13. The predicted octanol–water partition coefficient (Wildman–Crippen LogP) is 5.81. The summed E-state index contributed by atoms with van der Waals surface area (Å²) in [7, 11) is 0. The Morgan fingerprint density at radius 3 is 2.74 bits per heavy atom. The number of aromatic nitrogens is 1. The lowest BCUT2D eigenvalue weighted by Crippen LogP contribution is -2.43. The van der Waals surface area contributed by atoms with E-state index in [4.69, 9.17) is 16.3 Å². The Hall–Kier alpha value is -1.37. The van der Waals surface area contributed by atoms with Crippen molar-refractivity contribution in [3.05, 3.63) is 40.5 Å². The predicted molar refractivity (Wildman–Crippen MR) is 98.6 cm³/mol. The third-order valence-corrected chi connectivity index (χ3v) is 5.85. The number of hydrogen-bond acceptors (Lipinski definition) is 3. The fourth-order valence-electron chi connectivity index (χ4n) is 4.38. The molecule has 2 aliphatic rings. The fourth-order valence-corrected chi connectivity index (χ4v) is 4.60. The number of ether oxygens (including phenoxy) is 1. The second kappa shape index (κ2) is 6.90. The van der Waals surface area contributed by atoms with Gasteiger partial charge in [-0.05, 0) is 36.5 Å². The largest absolute Gasteiger partial charge is 0.433 e. The van der Waals surface area contributed by atoms with Crippen LogP contribution in [-0.4, -0.2) is 28.7 Å². The highest BCUT2D eigenvalue weighted by atomic mass is 35.5. The van der Waals surface area contributed by atoms with Crippen LogP contribution >= 0.6 is 11.6 Å². The minimum Gasteiger partial charge on any atom is -0.353 e. The molecule has 2 fully saturated rings. The maximum absolute atomic E-state index is 13.5. The van der Waals surface area contributed by atoms with Crippen LogP contribution in [0.1, 0.15) is 50.5 Å². The van der Waals surface area contributed by atoms with Gasteiger partial charge in [0.2, 0.25) is 0 Å². The lowest BCUT2D eigenvalue weighted by Gasteiger charge is -2.34. The number of benzene rings is 1. The van der Waals surface area contributed by atoms with Crippen LogP contribution in [0.5, 0.6) is 0 Å². The van der Waals surface area contributed by atoms with E-state index in [9.17, 15) is 13.2 Å². The van der Waals surface area contributed by atoms with E-state index in [0.29, 0.717) is 10.9 Å². The average molecular weight is 399 g/mol. The maximum Gasteiger partial charge on any atom is 0.433 e. The highest BCUT2D eigenvalue weighted by Crippen LogP contribution is 2.45. The zero-order valence-corrected chi connectivity index (χ0v) is 16.0. The van der Waals surface area contributed by atoms with Crippen molar-refractivity contribution >= 4 is 22.5 Å². The molecule has 3 atom stereocenters. The number of piperidine rings is 1. The number of nitrogens with zero attached hydrogens (tertiary/aromatic N) is 2. The summed E-state index contributed by atoms with van der Waals surface area (Å²) in [5, 5.41) is 0.856. The number of alkyl halides is 3. The van der Waals surface area contributed by atoms with Crippen LogP contribution in [0.15, 0.2) is 24.3 Å². The molecular weight excluding hydrogens is 377 g/mol. The minimum atomic E-state index is -4.54. The molecule has 0 saturated carbocycles. The first-order chi connectivity index (χ1) is 12.8. The number of para-hydroxylation sites is 1. The Kier molecular flexibility index (Phi) is 4.85. The molecule has 1 aromatic heterocycles. The Morgan fingerprint density at radius 1 is 1.26 bits per heavy atom. The monoisotopic (exact) mass is 398 g/mol. The van der Waals surface area contributed by atoms with Crippen molar-refractivity contribution in [2.75, 3.05) is 6.54 Å². The quantitative estimate of drug-likeness (QED) is 0.637. The van der Waals surface area contributed by atoms with Gasteiger partial charge in [-0.25, -0.2) is 4.98 Å². The smallest absolute Gasteiger partial charge is 0.353 e. The van der Waals surface area contributed by atoms with Gasteiger partial charge in [0.05, 0.1) is 10.5 Å². The van der Waals surface area contributed by atoms with Crippen LogP contribution < -0.4 is 0 Å². The molecule has 1 aromatic carbocycles. The van der Waals surface area contributed by atoms with E-state index in [0.717, 1.165) is 31.9 Å². The molecule has 0 bridgehead atoms. The third-order valence-electron chi connectivity index (χ3n) is 5.54. The van der Waals surface area contributed by atoms with Gasteiger partial charge in [-0.3, -0.25) is 4.90 Å². The lowest BCUT2D eigenvalue weighted by molar-refractivity contribution is -0.141. The van der Waals surface area contributed by atoms with Crippen LogP contribution in [0.25, 0.3) is 10.9 Å². The van der Waals surface area contributed by atoms with Crippen molar-refractivity contribution in [1.29, 1.82) is 0 Å². The van der Waals surface area contributed by atoms with E-state index < -0.39 is 18.0 Å². The molecule has 2 saturated heterocycles. The number of rotatable bonds is 2. The Bertz CT molecular complexity index is 855. The third kappa shape index (κ3) is 3.32. The van der Waals surface area contributed by atoms with Gasteiger partial charge < -0.3 is 4.74 Å². The zero-order chi connectivity index (χ0) is 19.3. The maximum atomic E-state index is 13.5. The van der Waals surface area contributed by atoms with Crippen LogP contribution in [0, 0.1) is 5.92 Å². The summed E-state index contributed by atoms with van der Waals surface area (Å²) in [6, 6.07) is 6.33. The standard InChI is InChI=1S/C20H22ClF3N2O/c1-11(2)19-26-9-4-3-8-15(26)18(27-19)13-10-16(20(22,23)24)25-17-12(13)6-5-7-14(17)21/h5-7,10-11,15,18-19H,3-4,8-9H2,1-2H3/t15-,18+,19?/m0/s1. The summed E-state index contributed by atoms with van der Waals surface area (Å²) in [5.41, 5.74) is -0.199. The Morgan fingerprint density at radius 2 is 2.04 bits per heavy atom. The molecule has 7 heteroatoms. The first kappa shape index (κ1) is 19.0. The molecule has 1 unspecified atom stereocenters. The number of fused-ring (bicyclic) bond motifs is 2. The van der Waals surface area contributed by atoms with Gasteiger partial charge in [-0.1, -0.05) is 44.0 Å². The molecule has 0 aliphatic carbocycles. The Labute approximate surface area is 161 Å². The van der Waals surface area contributed by atoms with Crippen molar-refractivity contribution in [3.8, 4) is 0 Å². The van der Waals surface area contributed by atoms with Gasteiger partial charge in [0.25, 0.3) is 0 Å². The normalized spacial score (nSPS) is 26.7. The van der Waals surface area contributed by atoms with Crippen molar-refractivity contribution in [1.82, 2.24) is 9.88 Å². The molecule has 2 aliphatic heterocycles. The summed E-state index contributed by atoms with van der Waals surface area (Å²) in [5.74, 6) is 0.259. The van der Waals surface area contributed by atoms with Crippen LogP contribution in [0.4, 0.5) is 13.2 Å². The van der Waals surface area contributed by atoms with Gasteiger partial charge in [0.15, 0.2) is 0 Å². The van der Waals surface area contributed by atoms with Gasteiger partial charge in [0.1, 0.15) is 18.0 Å². The highest BCUT2D eigenvalue weighted by Gasteiger charge is 2.46. The molecule has 146 valence electrons. The molecule has 0 N–H and O–H groups in total. The highest BCUT2D eigenvalue weighted by molar-refractivity contribution is 6.35. The SMILES string of the molecule is CC(C)C1O[C@H](c2cc(C(F)(F)F)nc3c(Cl)cccc23)[C@@H]2CCCCN12. The lowest BCUT2D eigenvalue weighted by atomic mass is 9.91. The van der Waals surface area contributed by atoms with Crippen molar-refractivity contribution in [2.45, 2.75) is 57.7 Å².